The van der Waals surface area contributed by atoms with E-state index in [1.54, 1.807) is 28.3 Å². The molecule has 10 heteroatoms. The molecule has 1 aliphatic carbocycles. The van der Waals surface area contributed by atoms with Gasteiger partial charge in [-0.15, -0.1) is 11.3 Å². The predicted octanol–water partition coefficient (Wildman–Crippen LogP) is 3.59. The van der Waals surface area contributed by atoms with Crippen LogP contribution >= 0.6 is 34.5 Å². The van der Waals surface area contributed by atoms with Crippen molar-refractivity contribution in [3.63, 3.8) is 0 Å². The summed E-state index contributed by atoms with van der Waals surface area (Å²) in [5.41, 5.74) is -0.00855. The van der Waals surface area contributed by atoms with Gasteiger partial charge in [-0.2, -0.15) is 4.99 Å². The smallest absolute Gasteiger partial charge is 0.323 e. The van der Waals surface area contributed by atoms with Crippen LogP contribution in [0.1, 0.15) is 37.7 Å². The maximum absolute atomic E-state index is 12.8. The lowest BCUT2D eigenvalue weighted by atomic mass is 9.82. The molecule has 2 aliphatic rings. The summed E-state index contributed by atoms with van der Waals surface area (Å²) in [7, 11) is 0. The van der Waals surface area contributed by atoms with Crippen LogP contribution in [-0.2, 0) is 16.1 Å². The Balaban J connectivity index is 1.50. The zero-order chi connectivity index (χ0) is 21.3. The zero-order valence-electron chi connectivity index (χ0n) is 16.1. The largest absolute Gasteiger partial charge is 0.325 e. The molecule has 2 fully saturated rings. The number of benzene rings is 1. The minimum Gasteiger partial charge on any atom is -0.323 e. The highest BCUT2D eigenvalue weighted by atomic mass is 35.5. The zero-order valence-corrected chi connectivity index (χ0v) is 18.4. The number of imide groups is 1. The number of thiazole rings is 1. The summed E-state index contributed by atoms with van der Waals surface area (Å²) in [6.45, 7) is 0.0455. The minimum absolute atomic E-state index is 0.317. The van der Waals surface area contributed by atoms with Gasteiger partial charge in [0.15, 0.2) is 4.80 Å². The summed E-state index contributed by atoms with van der Waals surface area (Å²) in [5.74, 6) is -0.868. The summed E-state index contributed by atoms with van der Waals surface area (Å²) < 4.78 is 1.78. The van der Waals surface area contributed by atoms with Crippen molar-refractivity contribution in [1.29, 1.82) is 0 Å². The first kappa shape index (κ1) is 21.1. The summed E-state index contributed by atoms with van der Waals surface area (Å²) >= 11 is 13.5. The standard InChI is InChI=1S/C20H20Cl2N4O3S/c21-14-5-4-13(15(22)10-14)11-25-8-9-30-19(25)23-16(27)12-26-17(28)20(24-18(26)29)6-2-1-3-7-20/h4-5,8-10H,1-3,6-7,11-12H2,(H,24,29). The van der Waals surface area contributed by atoms with Crippen molar-refractivity contribution in [3.8, 4) is 0 Å². The van der Waals surface area contributed by atoms with Crippen LogP contribution in [0.5, 0.6) is 0 Å². The Kier molecular flexibility index (Phi) is 5.99. The van der Waals surface area contributed by atoms with Crippen molar-refractivity contribution in [3.05, 3.63) is 50.2 Å². The van der Waals surface area contributed by atoms with Gasteiger partial charge in [0, 0.05) is 21.6 Å². The lowest BCUT2D eigenvalue weighted by Crippen LogP contribution is -2.48. The van der Waals surface area contributed by atoms with E-state index in [0.29, 0.717) is 34.2 Å². The molecule has 2 heterocycles. The van der Waals surface area contributed by atoms with Gasteiger partial charge in [0.2, 0.25) is 0 Å². The number of rotatable bonds is 4. The Labute approximate surface area is 187 Å². The van der Waals surface area contributed by atoms with E-state index in [2.05, 4.69) is 10.3 Å². The second kappa shape index (κ2) is 8.53. The molecule has 1 aromatic carbocycles. The second-order valence-corrected chi connectivity index (χ2v) is 9.24. The number of nitrogens with one attached hydrogen (secondary N) is 1. The summed E-state index contributed by atoms with van der Waals surface area (Å²) in [6, 6.07) is 4.71. The van der Waals surface area contributed by atoms with Gasteiger partial charge in [0.05, 0.1) is 6.54 Å². The Bertz CT molecular complexity index is 1070. The average Bonchev–Trinajstić information content (AvgIpc) is 3.22. The normalized spacial score (nSPS) is 18.9. The molecular formula is C20H20Cl2N4O3S. The highest BCUT2D eigenvalue weighted by molar-refractivity contribution is 7.07. The molecule has 158 valence electrons. The van der Waals surface area contributed by atoms with E-state index < -0.39 is 17.5 Å². The van der Waals surface area contributed by atoms with Crippen molar-refractivity contribution in [2.75, 3.05) is 6.54 Å². The van der Waals surface area contributed by atoms with Crippen LogP contribution in [0.15, 0.2) is 34.8 Å². The van der Waals surface area contributed by atoms with E-state index in [-0.39, 0.29) is 12.5 Å². The van der Waals surface area contributed by atoms with Gasteiger partial charge in [-0.25, -0.2) is 4.79 Å². The van der Waals surface area contributed by atoms with Gasteiger partial charge in [0.1, 0.15) is 12.1 Å². The first-order valence-electron chi connectivity index (χ1n) is 9.67. The van der Waals surface area contributed by atoms with Crippen molar-refractivity contribution < 1.29 is 14.4 Å². The number of amides is 4. The Morgan fingerprint density at radius 2 is 1.97 bits per heavy atom. The SMILES string of the molecule is O=C(CN1C(=O)NC2(CCCCC2)C1=O)N=c1sccn1Cc1ccc(Cl)cc1Cl. The van der Waals surface area contributed by atoms with Gasteiger partial charge in [0.25, 0.3) is 11.8 Å². The van der Waals surface area contributed by atoms with E-state index in [1.807, 2.05) is 6.07 Å². The minimum atomic E-state index is -0.843. The van der Waals surface area contributed by atoms with Crippen LogP contribution in [0.2, 0.25) is 10.0 Å². The highest BCUT2D eigenvalue weighted by Crippen LogP contribution is 2.33. The number of aromatic nitrogens is 1. The third-order valence-corrected chi connectivity index (χ3v) is 6.86. The molecule has 30 heavy (non-hydrogen) atoms. The predicted molar refractivity (Wildman–Crippen MR) is 115 cm³/mol. The van der Waals surface area contributed by atoms with Crippen molar-refractivity contribution >= 4 is 52.4 Å². The van der Waals surface area contributed by atoms with Crippen LogP contribution in [-0.4, -0.2) is 39.4 Å². The molecule has 0 bridgehead atoms. The fourth-order valence-electron chi connectivity index (χ4n) is 3.93. The van der Waals surface area contributed by atoms with Crippen LogP contribution in [0, 0.1) is 0 Å². The molecule has 0 atom stereocenters. The summed E-state index contributed by atoms with van der Waals surface area (Å²) in [6.07, 6.45) is 5.86. The lowest BCUT2D eigenvalue weighted by Gasteiger charge is -2.30. The fraction of sp³-hybridized carbons (Fsp3) is 0.400. The Morgan fingerprint density at radius 3 is 2.70 bits per heavy atom. The molecule has 1 aromatic heterocycles. The Hall–Kier alpha value is -2.16. The molecule has 0 radical (unpaired) electrons. The molecule has 1 N–H and O–H groups in total. The molecule has 2 aromatic rings. The third-order valence-electron chi connectivity index (χ3n) is 5.48. The van der Waals surface area contributed by atoms with Crippen molar-refractivity contribution in [2.45, 2.75) is 44.2 Å². The van der Waals surface area contributed by atoms with Gasteiger partial charge in [-0.05, 0) is 30.5 Å². The van der Waals surface area contributed by atoms with Gasteiger partial charge >= 0.3 is 6.03 Å². The second-order valence-electron chi connectivity index (χ2n) is 7.52. The number of halogens is 2. The van der Waals surface area contributed by atoms with E-state index in [1.165, 1.54) is 11.3 Å². The highest BCUT2D eigenvalue weighted by Gasteiger charge is 2.51. The number of nitrogens with zero attached hydrogens (tertiary/aromatic N) is 3. The quantitative estimate of drug-likeness (QED) is 0.698. The van der Waals surface area contributed by atoms with Crippen molar-refractivity contribution in [1.82, 2.24) is 14.8 Å². The summed E-state index contributed by atoms with van der Waals surface area (Å²) in [5, 5.41) is 5.68. The van der Waals surface area contributed by atoms with E-state index in [9.17, 15) is 14.4 Å². The van der Waals surface area contributed by atoms with Gasteiger partial charge in [-0.1, -0.05) is 48.5 Å². The van der Waals surface area contributed by atoms with Crippen LogP contribution < -0.4 is 10.1 Å². The van der Waals surface area contributed by atoms with E-state index >= 15 is 0 Å². The molecule has 1 saturated carbocycles. The third kappa shape index (κ3) is 4.17. The van der Waals surface area contributed by atoms with Gasteiger partial charge < -0.3 is 9.88 Å². The van der Waals surface area contributed by atoms with Crippen LogP contribution in [0.25, 0.3) is 0 Å². The molecular weight excluding hydrogens is 447 g/mol. The summed E-state index contributed by atoms with van der Waals surface area (Å²) in [4.78, 5) is 43.3. The van der Waals surface area contributed by atoms with Crippen molar-refractivity contribution in [2.24, 2.45) is 4.99 Å². The average molecular weight is 467 g/mol. The Morgan fingerprint density at radius 1 is 1.20 bits per heavy atom. The maximum Gasteiger partial charge on any atom is 0.325 e. The molecule has 0 unspecified atom stereocenters. The number of carbonyl (C=O) groups is 3. The van der Waals surface area contributed by atoms with Gasteiger partial charge in [-0.3, -0.25) is 14.5 Å². The monoisotopic (exact) mass is 466 g/mol. The molecule has 4 rings (SSSR count). The fourth-order valence-corrected chi connectivity index (χ4v) is 5.14. The molecule has 1 saturated heterocycles. The molecule has 1 spiro atoms. The first-order valence-corrected chi connectivity index (χ1v) is 11.3. The first-order chi connectivity index (χ1) is 14.4. The van der Waals surface area contributed by atoms with E-state index in [4.69, 9.17) is 23.2 Å². The van der Waals surface area contributed by atoms with E-state index in [0.717, 1.165) is 29.7 Å². The molecule has 1 aliphatic heterocycles. The maximum atomic E-state index is 12.8. The number of carbonyl (C=O) groups excluding carboxylic acids is 3. The van der Waals surface area contributed by atoms with Crippen LogP contribution in [0.3, 0.4) is 0 Å². The lowest BCUT2D eigenvalue weighted by molar-refractivity contribution is -0.135. The number of urea groups is 1. The number of hydrogen-bond donors (Lipinski definition) is 1. The molecule has 4 amide bonds. The molecule has 7 nitrogen and oxygen atoms in total. The number of hydrogen-bond acceptors (Lipinski definition) is 4. The van der Waals surface area contributed by atoms with Crippen LogP contribution in [0.4, 0.5) is 4.79 Å². The topological polar surface area (TPSA) is 83.8 Å².